The van der Waals surface area contributed by atoms with Crippen molar-refractivity contribution >= 4 is 21.9 Å². The summed E-state index contributed by atoms with van der Waals surface area (Å²) in [6.07, 6.45) is 1.70. The summed E-state index contributed by atoms with van der Waals surface area (Å²) in [7, 11) is -2.15. The normalized spacial score (nSPS) is 16.3. The fourth-order valence-corrected chi connectivity index (χ4v) is 4.77. The molecule has 0 radical (unpaired) electrons. The molecule has 33 heavy (non-hydrogen) atoms. The van der Waals surface area contributed by atoms with Crippen molar-refractivity contribution in [3.63, 3.8) is 0 Å². The molecule has 1 N–H and O–H groups in total. The Morgan fingerprint density at radius 3 is 2.55 bits per heavy atom. The maximum absolute atomic E-state index is 12.8. The Labute approximate surface area is 192 Å². The van der Waals surface area contributed by atoms with Crippen molar-refractivity contribution in [1.29, 1.82) is 0 Å². The monoisotopic (exact) mass is 470 g/mol. The number of sulfonamides is 1. The van der Waals surface area contributed by atoms with E-state index in [-0.39, 0.29) is 22.6 Å². The molecule has 1 unspecified atom stereocenters. The maximum Gasteiger partial charge on any atom is 0.322 e. The topological polar surface area (TPSA) is 115 Å². The Hall–Kier alpha value is -3.08. The Morgan fingerprint density at radius 1 is 1.12 bits per heavy atom. The van der Waals surface area contributed by atoms with Gasteiger partial charge in [-0.2, -0.15) is 4.31 Å². The number of aryl methyl sites for hydroxylation is 2. The molecule has 1 atom stereocenters. The van der Waals surface area contributed by atoms with Crippen LogP contribution in [0.5, 0.6) is 0 Å². The number of hydrogen-bond donors (Lipinski definition) is 1. The fourth-order valence-electron chi connectivity index (χ4n) is 3.57. The van der Waals surface area contributed by atoms with Crippen molar-refractivity contribution in [3.8, 4) is 11.5 Å². The zero-order valence-corrected chi connectivity index (χ0v) is 19.6. The van der Waals surface area contributed by atoms with Gasteiger partial charge in [0.2, 0.25) is 15.9 Å². The lowest BCUT2D eigenvalue weighted by molar-refractivity contribution is 0.0979. The van der Waals surface area contributed by atoms with Gasteiger partial charge in [0.15, 0.2) is 0 Å². The smallest absolute Gasteiger partial charge is 0.322 e. The number of aromatic nitrogens is 2. The highest BCUT2D eigenvalue weighted by atomic mass is 32.2. The number of carbonyl (C=O) groups is 1. The number of likely N-dealkylation sites (N-methyl/N-ethyl adjacent to an activating group) is 1. The molecule has 1 amide bonds. The summed E-state index contributed by atoms with van der Waals surface area (Å²) in [4.78, 5) is 12.7. The summed E-state index contributed by atoms with van der Waals surface area (Å²) in [6, 6.07) is 11.4. The third kappa shape index (κ3) is 5.13. The van der Waals surface area contributed by atoms with Crippen LogP contribution in [-0.2, 0) is 14.8 Å². The molecule has 3 aromatic rings. The van der Waals surface area contributed by atoms with E-state index < -0.39 is 15.9 Å². The molecule has 0 bridgehead atoms. The summed E-state index contributed by atoms with van der Waals surface area (Å²) in [6.45, 7) is 4.96. The maximum atomic E-state index is 12.8. The van der Waals surface area contributed by atoms with Gasteiger partial charge >= 0.3 is 6.01 Å². The Bertz CT molecular complexity index is 1250. The van der Waals surface area contributed by atoms with Gasteiger partial charge in [-0.25, -0.2) is 8.42 Å². The zero-order chi connectivity index (χ0) is 23.6. The molecule has 2 aromatic carbocycles. The van der Waals surface area contributed by atoms with Crippen LogP contribution in [0.15, 0.2) is 51.8 Å². The molecule has 1 fully saturated rings. The average molecular weight is 471 g/mol. The number of ether oxygens (including phenoxy) is 1. The van der Waals surface area contributed by atoms with Gasteiger partial charge in [0, 0.05) is 31.3 Å². The number of benzene rings is 2. The lowest BCUT2D eigenvalue weighted by Gasteiger charge is -2.20. The number of nitrogens with one attached hydrogen (secondary N) is 1. The average Bonchev–Trinajstić information content (AvgIpc) is 3.48. The van der Waals surface area contributed by atoms with E-state index in [0.29, 0.717) is 19.0 Å². The summed E-state index contributed by atoms with van der Waals surface area (Å²) < 4.78 is 38.0. The van der Waals surface area contributed by atoms with Gasteiger partial charge in [0.05, 0.1) is 11.0 Å². The second-order valence-corrected chi connectivity index (χ2v) is 10.2. The molecule has 4 rings (SSSR count). The molecule has 174 valence electrons. The number of hydrogen-bond acceptors (Lipinski definition) is 7. The molecular formula is C23H26N4O5S. The molecule has 1 aliphatic rings. The molecule has 1 aromatic heterocycles. The van der Waals surface area contributed by atoms with E-state index in [4.69, 9.17) is 9.15 Å². The number of nitrogens with zero attached hydrogens (tertiary/aromatic N) is 3. The molecular weight excluding hydrogens is 444 g/mol. The molecule has 0 spiro atoms. The SMILES string of the molecule is Cc1ccc(-c2nnc(NC(=O)c3ccc(S(=O)(=O)N(C)CC4CCCO4)cc3)o2)cc1C. The lowest BCUT2D eigenvalue weighted by Crippen LogP contribution is -2.34. The van der Waals surface area contributed by atoms with E-state index in [1.54, 1.807) is 0 Å². The van der Waals surface area contributed by atoms with Crippen molar-refractivity contribution < 1.29 is 22.4 Å². The summed E-state index contributed by atoms with van der Waals surface area (Å²) >= 11 is 0. The van der Waals surface area contributed by atoms with Crippen LogP contribution in [0.3, 0.4) is 0 Å². The van der Waals surface area contributed by atoms with E-state index in [1.165, 1.54) is 35.6 Å². The van der Waals surface area contributed by atoms with Crippen LogP contribution in [0, 0.1) is 13.8 Å². The van der Waals surface area contributed by atoms with Gasteiger partial charge < -0.3 is 9.15 Å². The van der Waals surface area contributed by atoms with Crippen LogP contribution < -0.4 is 5.32 Å². The first kappa shape index (κ1) is 23.1. The second-order valence-electron chi connectivity index (χ2n) is 8.11. The number of carbonyl (C=O) groups excluding carboxylic acids is 1. The highest BCUT2D eigenvalue weighted by Crippen LogP contribution is 2.23. The predicted molar refractivity (Wildman–Crippen MR) is 122 cm³/mol. The van der Waals surface area contributed by atoms with Crippen molar-refractivity contribution in [2.75, 3.05) is 25.5 Å². The molecule has 2 heterocycles. The quantitative estimate of drug-likeness (QED) is 0.563. The Kier molecular flexibility index (Phi) is 6.59. The van der Waals surface area contributed by atoms with Crippen LogP contribution in [0.2, 0.25) is 0 Å². The Balaban J connectivity index is 1.42. The van der Waals surface area contributed by atoms with Crippen LogP contribution in [0.1, 0.15) is 34.3 Å². The van der Waals surface area contributed by atoms with E-state index in [0.717, 1.165) is 29.5 Å². The van der Waals surface area contributed by atoms with Gasteiger partial charge in [-0.1, -0.05) is 11.2 Å². The minimum atomic E-state index is -3.68. The predicted octanol–water partition coefficient (Wildman–Crippen LogP) is 3.41. The number of rotatable bonds is 7. The third-order valence-corrected chi connectivity index (χ3v) is 7.55. The van der Waals surface area contributed by atoms with Gasteiger partial charge in [-0.05, 0) is 74.2 Å². The largest absolute Gasteiger partial charge is 0.403 e. The summed E-state index contributed by atoms with van der Waals surface area (Å²) in [5.74, 6) is -0.189. The standard InChI is InChI=1S/C23H26N4O5S/c1-15-6-7-18(13-16(15)2)22-25-26-23(32-22)24-21(28)17-8-10-20(11-9-17)33(29,30)27(3)14-19-5-4-12-31-19/h6-11,13,19H,4-5,12,14H2,1-3H3,(H,24,26,28). The molecule has 0 saturated carbocycles. The van der Waals surface area contributed by atoms with E-state index in [9.17, 15) is 13.2 Å². The highest BCUT2D eigenvalue weighted by Gasteiger charge is 2.26. The first-order chi connectivity index (χ1) is 15.7. The number of anilines is 1. The molecule has 1 aliphatic heterocycles. The molecule has 0 aliphatic carbocycles. The minimum absolute atomic E-state index is 0.0405. The third-order valence-electron chi connectivity index (χ3n) is 5.71. The fraction of sp³-hybridized carbons (Fsp3) is 0.348. The zero-order valence-electron chi connectivity index (χ0n) is 18.7. The van der Waals surface area contributed by atoms with Gasteiger partial charge in [0.1, 0.15) is 0 Å². The van der Waals surface area contributed by atoms with Crippen LogP contribution in [0.4, 0.5) is 6.01 Å². The van der Waals surface area contributed by atoms with Crippen molar-refractivity contribution in [2.45, 2.75) is 37.7 Å². The van der Waals surface area contributed by atoms with Crippen LogP contribution >= 0.6 is 0 Å². The van der Waals surface area contributed by atoms with Crippen molar-refractivity contribution in [3.05, 3.63) is 59.2 Å². The number of amides is 1. The lowest BCUT2D eigenvalue weighted by atomic mass is 10.1. The molecule has 1 saturated heterocycles. The van der Waals surface area contributed by atoms with Crippen LogP contribution in [0.25, 0.3) is 11.5 Å². The molecule has 9 nitrogen and oxygen atoms in total. The van der Waals surface area contributed by atoms with Gasteiger partial charge in [-0.3, -0.25) is 10.1 Å². The first-order valence-corrected chi connectivity index (χ1v) is 12.1. The van der Waals surface area contributed by atoms with Gasteiger partial charge in [-0.15, -0.1) is 5.10 Å². The van der Waals surface area contributed by atoms with Crippen molar-refractivity contribution in [2.24, 2.45) is 0 Å². The first-order valence-electron chi connectivity index (χ1n) is 10.6. The van der Waals surface area contributed by atoms with E-state index >= 15 is 0 Å². The van der Waals surface area contributed by atoms with E-state index in [2.05, 4.69) is 15.5 Å². The summed E-state index contributed by atoms with van der Waals surface area (Å²) in [5, 5.41) is 10.4. The van der Waals surface area contributed by atoms with E-state index in [1.807, 2.05) is 32.0 Å². The van der Waals surface area contributed by atoms with Crippen molar-refractivity contribution in [1.82, 2.24) is 14.5 Å². The second kappa shape index (κ2) is 9.42. The Morgan fingerprint density at radius 2 is 1.88 bits per heavy atom. The highest BCUT2D eigenvalue weighted by molar-refractivity contribution is 7.89. The molecule has 10 heteroatoms. The summed E-state index contributed by atoms with van der Waals surface area (Å²) in [5.41, 5.74) is 3.26. The van der Waals surface area contributed by atoms with Gasteiger partial charge in [0.25, 0.3) is 5.91 Å². The minimum Gasteiger partial charge on any atom is -0.403 e. The van der Waals surface area contributed by atoms with Crippen LogP contribution in [-0.4, -0.2) is 55.1 Å².